The van der Waals surface area contributed by atoms with Crippen LogP contribution in [0.1, 0.15) is 44.9 Å². The van der Waals surface area contributed by atoms with Crippen LogP contribution in [0.4, 0.5) is 0 Å². The van der Waals surface area contributed by atoms with E-state index in [1.54, 1.807) is 25.3 Å². The van der Waals surface area contributed by atoms with E-state index in [9.17, 15) is 9.59 Å². The zero-order valence-corrected chi connectivity index (χ0v) is 15.9. The molecule has 0 radical (unpaired) electrons. The highest BCUT2D eigenvalue weighted by Gasteiger charge is 2.18. The highest BCUT2D eigenvalue weighted by molar-refractivity contribution is 7.14. The Labute approximate surface area is 160 Å². The van der Waals surface area contributed by atoms with Gasteiger partial charge in [0.25, 0.3) is 0 Å². The van der Waals surface area contributed by atoms with E-state index in [1.807, 2.05) is 6.07 Å². The molecule has 1 aromatic carbocycles. The summed E-state index contributed by atoms with van der Waals surface area (Å²) in [6.07, 6.45) is 5.67. The number of hydrogen-bond donors (Lipinski definition) is 0. The fraction of sp³-hybridized carbons (Fsp3) is 0.333. The molecule has 0 saturated heterocycles. The van der Waals surface area contributed by atoms with Crippen LogP contribution in [0.3, 0.4) is 0 Å². The number of benzene rings is 1. The minimum absolute atomic E-state index is 0.0236. The van der Waals surface area contributed by atoms with E-state index in [0.29, 0.717) is 21.8 Å². The van der Waals surface area contributed by atoms with Crippen molar-refractivity contribution in [3.05, 3.63) is 61.6 Å². The molecule has 0 atom stereocenters. The predicted octanol–water partition coefficient (Wildman–Crippen LogP) is 4.49. The first-order valence-corrected chi connectivity index (χ1v) is 9.85. The topological polar surface area (TPSA) is 65.7 Å². The molecular formula is C21H20O5S. The average molecular weight is 384 g/mol. The summed E-state index contributed by atoms with van der Waals surface area (Å²) in [7, 11) is 1.55. The van der Waals surface area contributed by atoms with Gasteiger partial charge in [0.2, 0.25) is 0 Å². The molecule has 0 amide bonds. The number of esters is 1. The van der Waals surface area contributed by atoms with Gasteiger partial charge < -0.3 is 13.9 Å². The fourth-order valence-corrected chi connectivity index (χ4v) is 4.59. The highest BCUT2D eigenvalue weighted by atomic mass is 32.1. The van der Waals surface area contributed by atoms with Crippen molar-refractivity contribution in [2.24, 2.45) is 0 Å². The van der Waals surface area contributed by atoms with Crippen LogP contribution in [0.5, 0.6) is 5.75 Å². The van der Waals surface area contributed by atoms with Crippen LogP contribution in [0.15, 0.2) is 39.5 Å². The van der Waals surface area contributed by atoms with E-state index in [-0.39, 0.29) is 12.6 Å². The van der Waals surface area contributed by atoms with Crippen molar-refractivity contribution >= 4 is 28.3 Å². The number of carbonyl (C=O) groups excluding carboxylic acids is 1. The van der Waals surface area contributed by atoms with E-state index in [1.165, 1.54) is 47.1 Å². The monoisotopic (exact) mass is 384 g/mol. The lowest BCUT2D eigenvalue weighted by Crippen LogP contribution is -2.07. The number of hydrogen-bond acceptors (Lipinski definition) is 6. The van der Waals surface area contributed by atoms with Crippen LogP contribution in [0, 0.1) is 0 Å². The van der Waals surface area contributed by atoms with Gasteiger partial charge in [-0.1, -0.05) is 6.42 Å². The summed E-state index contributed by atoms with van der Waals surface area (Å²) in [5.41, 5.74) is 1.83. The van der Waals surface area contributed by atoms with E-state index in [2.05, 4.69) is 0 Å². The second kappa shape index (κ2) is 7.56. The number of rotatable bonds is 4. The van der Waals surface area contributed by atoms with Gasteiger partial charge in [0.15, 0.2) is 0 Å². The molecule has 0 bridgehead atoms. The van der Waals surface area contributed by atoms with Gasteiger partial charge >= 0.3 is 11.6 Å². The van der Waals surface area contributed by atoms with Crippen molar-refractivity contribution in [1.82, 2.24) is 0 Å². The number of fused-ring (bicyclic) bond motifs is 2. The zero-order valence-electron chi connectivity index (χ0n) is 15.1. The molecule has 1 aliphatic rings. The maximum Gasteiger partial charge on any atom is 0.348 e. The molecule has 5 nitrogen and oxygen atoms in total. The third-order valence-electron chi connectivity index (χ3n) is 4.84. The summed E-state index contributed by atoms with van der Waals surface area (Å²) in [4.78, 5) is 26.3. The summed E-state index contributed by atoms with van der Waals surface area (Å²) >= 11 is 1.53. The quantitative estimate of drug-likeness (QED) is 0.377. The Hall–Kier alpha value is -2.60. The largest absolute Gasteiger partial charge is 0.497 e. The Bertz CT molecular complexity index is 1020. The number of carbonyl (C=O) groups is 1. The smallest absolute Gasteiger partial charge is 0.348 e. The lowest BCUT2D eigenvalue weighted by atomic mass is 10.1. The lowest BCUT2D eigenvalue weighted by molar-refractivity contribution is 0.0479. The summed E-state index contributed by atoms with van der Waals surface area (Å²) in [6.45, 7) is 0.0236. The second-order valence-corrected chi connectivity index (χ2v) is 7.79. The third kappa shape index (κ3) is 3.76. The van der Waals surface area contributed by atoms with Crippen LogP contribution in [-0.2, 0) is 24.2 Å². The van der Waals surface area contributed by atoms with Crippen molar-refractivity contribution in [3.8, 4) is 5.75 Å². The molecule has 6 heteroatoms. The van der Waals surface area contributed by atoms with Crippen molar-refractivity contribution in [2.75, 3.05) is 7.11 Å². The molecule has 27 heavy (non-hydrogen) atoms. The molecule has 0 spiro atoms. The van der Waals surface area contributed by atoms with E-state index in [0.717, 1.165) is 18.2 Å². The number of methoxy groups -OCH3 is 1. The third-order valence-corrected chi connectivity index (χ3v) is 6.06. The van der Waals surface area contributed by atoms with E-state index < -0.39 is 5.63 Å². The Morgan fingerprint density at radius 2 is 2.00 bits per heavy atom. The molecule has 2 aromatic heterocycles. The molecule has 0 unspecified atom stereocenters. The molecule has 0 N–H and O–H groups in total. The van der Waals surface area contributed by atoms with Crippen LogP contribution < -0.4 is 10.4 Å². The van der Waals surface area contributed by atoms with Crippen molar-refractivity contribution in [2.45, 2.75) is 38.7 Å². The van der Waals surface area contributed by atoms with Crippen LogP contribution in [-0.4, -0.2) is 13.1 Å². The molecule has 0 aliphatic heterocycles. The van der Waals surface area contributed by atoms with Crippen LogP contribution in [0.25, 0.3) is 11.0 Å². The van der Waals surface area contributed by atoms with Crippen LogP contribution >= 0.6 is 11.3 Å². The normalized spacial score (nSPS) is 13.8. The molecular weight excluding hydrogens is 364 g/mol. The van der Waals surface area contributed by atoms with E-state index >= 15 is 0 Å². The minimum Gasteiger partial charge on any atom is -0.497 e. The van der Waals surface area contributed by atoms with Crippen molar-refractivity contribution in [3.63, 3.8) is 0 Å². The van der Waals surface area contributed by atoms with Crippen molar-refractivity contribution < 1.29 is 18.7 Å². The number of aryl methyl sites for hydroxylation is 2. The Morgan fingerprint density at radius 3 is 2.85 bits per heavy atom. The van der Waals surface area contributed by atoms with Crippen molar-refractivity contribution in [1.29, 1.82) is 0 Å². The van der Waals surface area contributed by atoms with E-state index in [4.69, 9.17) is 13.9 Å². The predicted molar refractivity (Wildman–Crippen MR) is 104 cm³/mol. The van der Waals surface area contributed by atoms with Crippen LogP contribution in [0.2, 0.25) is 0 Å². The summed E-state index contributed by atoms with van der Waals surface area (Å²) in [6, 6.07) is 8.57. The molecule has 2 heterocycles. The maximum atomic E-state index is 12.5. The first-order chi connectivity index (χ1) is 13.1. The summed E-state index contributed by atoms with van der Waals surface area (Å²) in [5, 5.41) is 0.727. The molecule has 0 saturated carbocycles. The fourth-order valence-electron chi connectivity index (χ4n) is 3.44. The van der Waals surface area contributed by atoms with Gasteiger partial charge in [-0.3, -0.25) is 0 Å². The van der Waals surface area contributed by atoms with Gasteiger partial charge in [-0.15, -0.1) is 11.3 Å². The highest BCUT2D eigenvalue weighted by Crippen LogP contribution is 2.30. The molecule has 0 fully saturated rings. The second-order valence-electron chi connectivity index (χ2n) is 6.65. The van der Waals surface area contributed by atoms with Gasteiger partial charge in [0.05, 0.1) is 7.11 Å². The Kier molecular flexibility index (Phi) is 4.99. The summed E-state index contributed by atoms with van der Waals surface area (Å²) < 4.78 is 15.9. The van der Waals surface area contributed by atoms with Gasteiger partial charge in [-0.2, -0.15) is 0 Å². The Balaban J connectivity index is 1.55. The van der Waals surface area contributed by atoms with Gasteiger partial charge in [-0.05, 0) is 49.4 Å². The molecule has 4 rings (SSSR count). The lowest BCUT2D eigenvalue weighted by Gasteiger charge is -2.07. The standard InChI is InChI=1S/C21H20O5S/c1-24-15-7-8-16-14(10-20(22)26-17(16)11-15)12-25-21(23)19-9-13-5-3-2-4-6-18(13)27-19/h7-11H,2-6,12H2,1H3. The average Bonchev–Trinajstić information content (AvgIpc) is 2.95. The molecule has 1 aliphatic carbocycles. The first-order valence-electron chi connectivity index (χ1n) is 9.03. The summed E-state index contributed by atoms with van der Waals surface area (Å²) in [5.74, 6) is 0.253. The molecule has 3 aromatic rings. The minimum atomic E-state index is -0.482. The number of thiophene rings is 1. The Morgan fingerprint density at radius 1 is 1.15 bits per heavy atom. The zero-order chi connectivity index (χ0) is 18.8. The van der Waals surface area contributed by atoms with Gasteiger partial charge in [0, 0.05) is 28.0 Å². The number of ether oxygens (including phenoxy) is 2. The molecule has 140 valence electrons. The van der Waals surface area contributed by atoms with Gasteiger partial charge in [0.1, 0.15) is 22.8 Å². The first kappa shape index (κ1) is 17.8. The maximum absolute atomic E-state index is 12.5. The SMILES string of the molecule is COc1ccc2c(COC(=O)c3cc4c(s3)CCCCC4)cc(=O)oc2c1. The van der Waals surface area contributed by atoms with Gasteiger partial charge in [-0.25, -0.2) is 9.59 Å².